The summed E-state index contributed by atoms with van der Waals surface area (Å²) in [5.74, 6) is 0.866. The number of carbonyl (C=O) groups is 1. The lowest BCUT2D eigenvalue weighted by Gasteiger charge is -2.12. The van der Waals surface area contributed by atoms with Crippen LogP contribution in [-0.2, 0) is 4.74 Å². The lowest BCUT2D eigenvalue weighted by atomic mass is 10.2. The van der Waals surface area contributed by atoms with Gasteiger partial charge in [0.1, 0.15) is 0 Å². The van der Waals surface area contributed by atoms with Gasteiger partial charge >= 0.3 is 5.97 Å². The molecular weight excluding hydrogens is 232 g/mol. The number of ether oxygens (including phenoxy) is 3. The molecule has 0 fully saturated rings. The van der Waals surface area contributed by atoms with Crippen LogP contribution in [0.5, 0.6) is 11.5 Å². The molecule has 0 bridgehead atoms. The maximum Gasteiger partial charge on any atom is 0.337 e. The van der Waals surface area contributed by atoms with Gasteiger partial charge in [-0.3, -0.25) is 0 Å². The molecule has 0 aliphatic rings. The van der Waals surface area contributed by atoms with E-state index in [-0.39, 0.29) is 5.97 Å². The zero-order chi connectivity index (χ0) is 13.4. The highest BCUT2D eigenvalue weighted by Gasteiger charge is 2.11. The molecule has 0 spiro atoms. The van der Waals surface area contributed by atoms with Crippen LogP contribution < -0.4 is 9.47 Å². The Kier molecular flexibility index (Phi) is 6.05. The fourth-order valence-electron chi connectivity index (χ4n) is 1.47. The maximum absolute atomic E-state index is 11.4. The first-order valence-electron chi connectivity index (χ1n) is 6.20. The Morgan fingerprint density at radius 1 is 1.17 bits per heavy atom. The van der Waals surface area contributed by atoms with Gasteiger partial charge in [0.25, 0.3) is 0 Å². The van der Waals surface area contributed by atoms with Gasteiger partial charge < -0.3 is 14.2 Å². The molecule has 0 atom stereocenters. The van der Waals surface area contributed by atoms with E-state index in [1.54, 1.807) is 18.2 Å². The second-order valence-electron chi connectivity index (χ2n) is 3.79. The van der Waals surface area contributed by atoms with Crippen LogP contribution in [0.3, 0.4) is 0 Å². The lowest BCUT2D eigenvalue weighted by molar-refractivity contribution is 0.0600. The van der Waals surface area contributed by atoms with Gasteiger partial charge in [-0.05, 0) is 31.5 Å². The Morgan fingerprint density at radius 3 is 2.56 bits per heavy atom. The van der Waals surface area contributed by atoms with Crippen molar-refractivity contribution in [3.63, 3.8) is 0 Å². The van der Waals surface area contributed by atoms with Crippen molar-refractivity contribution in [2.75, 3.05) is 20.3 Å². The smallest absolute Gasteiger partial charge is 0.337 e. The van der Waals surface area contributed by atoms with Crippen LogP contribution in [-0.4, -0.2) is 26.3 Å². The van der Waals surface area contributed by atoms with E-state index in [2.05, 4.69) is 11.7 Å². The van der Waals surface area contributed by atoms with Crippen LogP contribution in [0.2, 0.25) is 0 Å². The molecule has 0 saturated heterocycles. The molecule has 4 heteroatoms. The van der Waals surface area contributed by atoms with E-state index in [0.717, 1.165) is 12.8 Å². The van der Waals surface area contributed by atoms with Crippen molar-refractivity contribution >= 4 is 5.97 Å². The molecule has 1 aromatic carbocycles. The first-order valence-corrected chi connectivity index (χ1v) is 6.20. The first kappa shape index (κ1) is 14.4. The third kappa shape index (κ3) is 3.95. The third-order valence-electron chi connectivity index (χ3n) is 2.42. The van der Waals surface area contributed by atoms with E-state index in [9.17, 15) is 4.79 Å². The van der Waals surface area contributed by atoms with Gasteiger partial charge in [-0.1, -0.05) is 13.3 Å². The van der Waals surface area contributed by atoms with E-state index in [1.165, 1.54) is 7.11 Å². The number of hydrogen-bond donors (Lipinski definition) is 0. The molecular formula is C14H20O4. The number of rotatable bonds is 7. The number of methoxy groups -OCH3 is 1. The minimum atomic E-state index is -0.379. The SMILES string of the molecule is CCCCOc1ccc(C(=O)OC)cc1OCC. The maximum atomic E-state index is 11.4. The quantitative estimate of drug-likeness (QED) is 0.552. The van der Waals surface area contributed by atoms with Gasteiger partial charge in [-0.15, -0.1) is 0 Å². The van der Waals surface area contributed by atoms with Gasteiger partial charge in [-0.25, -0.2) is 4.79 Å². The van der Waals surface area contributed by atoms with Crippen molar-refractivity contribution in [2.24, 2.45) is 0 Å². The predicted molar refractivity (Wildman–Crippen MR) is 69.4 cm³/mol. The van der Waals surface area contributed by atoms with E-state index in [4.69, 9.17) is 9.47 Å². The van der Waals surface area contributed by atoms with Crippen molar-refractivity contribution < 1.29 is 19.0 Å². The number of hydrogen-bond acceptors (Lipinski definition) is 4. The average molecular weight is 252 g/mol. The zero-order valence-electron chi connectivity index (χ0n) is 11.2. The highest BCUT2D eigenvalue weighted by atomic mass is 16.5. The van der Waals surface area contributed by atoms with E-state index < -0.39 is 0 Å². The zero-order valence-corrected chi connectivity index (χ0v) is 11.2. The molecule has 0 N–H and O–H groups in total. The summed E-state index contributed by atoms with van der Waals surface area (Å²) in [5.41, 5.74) is 0.462. The van der Waals surface area contributed by atoms with Gasteiger partial charge in [0.15, 0.2) is 11.5 Å². The summed E-state index contributed by atoms with van der Waals surface area (Å²) in [6.07, 6.45) is 2.06. The fourth-order valence-corrected chi connectivity index (χ4v) is 1.47. The summed E-state index contributed by atoms with van der Waals surface area (Å²) in [6.45, 7) is 5.16. The van der Waals surface area contributed by atoms with E-state index >= 15 is 0 Å². The van der Waals surface area contributed by atoms with Crippen LogP contribution in [0.15, 0.2) is 18.2 Å². The Bertz CT molecular complexity index is 387. The monoisotopic (exact) mass is 252 g/mol. The Morgan fingerprint density at radius 2 is 1.94 bits per heavy atom. The van der Waals surface area contributed by atoms with Crippen LogP contribution in [0.4, 0.5) is 0 Å². The topological polar surface area (TPSA) is 44.8 Å². The van der Waals surface area contributed by atoms with Gasteiger partial charge in [0, 0.05) is 0 Å². The molecule has 0 unspecified atom stereocenters. The molecule has 1 rings (SSSR count). The van der Waals surface area contributed by atoms with E-state index in [1.807, 2.05) is 6.92 Å². The molecule has 100 valence electrons. The van der Waals surface area contributed by atoms with Crippen LogP contribution in [0, 0.1) is 0 Å². The Balaban J connectivity index is 2.85. The standard InChI is InChI=1S/C14H20O4/c1-4-6-9-18-12-8-7-11(14(15)16-3)10-13(12)17-5-2/h7-8,10H,4-6,9H2,1-3H3. The first-order chi connectivity index (χ1) is 8.72. The van der Waals surface area contributed by atoms with Gasteiger partial charge in [-0.2, -0.15) is 0 Å². The normalized spacial score (nSPS) is 9.94. The number of benzene rings is 1. The molecule has 18 heavy (non-hydrogen) atoms. The largest absolute Gasteiger partial charge is 0.490 e. The lowest BCUT2D eigenvalue weighted by Crippen LogP contribution is -2.05. The second-order valence-corrected chi connectivity index (χ2v) is 3.79. The van der Waals surface area contributed by atoms with Crippen LogP contribution >= 0.6 is 0 Å². The summed E-state index contributed by atoms with van der Waals surface area (Å²) in [5, 5.41) is 0. The molecule has 0 aliphatic carbocycles. The second kappa shape index (κ2) is 7.58. The fraction of sp³-hybridized carbons (Fsp3) is 0.500. The number of carbonyl (C=O) groups excluding carboxylic acids is 1. The molecule has 4 nitrogen and oxygen atoms in total. The minimum Gasteiger partial charge on any atom is -0.490 e. The van der Waals surface area contributed by atoms with Crippen molar-refractivity contribution in [1.82, 2.24) is 0 Å². The molecule has 0 radical (unpaired) electrons. The third-order valence-corrected chi connectivity index (χ3v) is 2.42. The van der Waals surface area contributed by atoms with Crippen molar-refractivity contribution in [2.45, 2.75) is 26.7 Å². The van der Waals surface area contributed by atoms with Gasteiger partial charge in [0.2, 0.25) is 0 Å². The number of esters is 1. The van der Waals surface area contributed by atoms with Crippen LogP contribution in [0.25, 0.3) is 0 Å². The van der Waals surface area contributed by atoms with E-state index in [0.29, 0.717) is 30.3 Å². The predicted octanol–water partition coefficient (Wildman–Crippen LogP) is 3.05. The average Bonchev–Trinajstić information content (AvgIpc) is 2.40. The summed E-state index contributed by atoms with van der Waals surface area (Å²) in [7, 11) is 1.36. The Labute approximate surface area is 108 Å². The summed E-state index contributed by atoms with van der Waals surface area (Å²) >= 11 is 0. The summed E-state index contributed by atoms with van der Waals surface area (Å²) in [4.78, 5) is 11.4. The molecule has 0 amide bonds. The summed E-state index contributed by atoms with van der Waals surface area (Å²) < 4.78 is 15.8. The number of unbranched alkanes of at least 4 members (excludes halogenated alkanes) is 1. The van der Waals surface area contributed by atoms with Crippen molar-refractivity contribution in [3.05, 3.63) is 23.8 Å². The molecule has 0 aromatic heterocycles. The molecule has 1 aromatic rings. The van der Waals surface area contributed by atoms with Crippen molar-refractivity contribution in [1.29, 1.82) is 0 Å². The highest BCUT2D eigenvalue weighted by molar-refractivity contribution is 5.90. The highest BCUT2D eigenvalue weighted by Crippen LogP contribution is 2.29. The molecule has 0 aliphatic heterocycles. The van der Waals surface area contributed by atoms with Gasteiger partial charge in [0.05, 0.1) is 25.9 Å². The van der Waals surface area contributed by atoms with Crippen LogP contribution in [0.1, 0.15) is 37.0 Å². The molecule has 0 saturated carbocycles. The minimum absolute atomic E-state index is 0.379. The Hall–Kier alpha value is -1.71. The molecule has 0 heterocycles. The summed E-state index contributed by atoms with van der Waals surface area (Å²) in [6, 6.07) is 5.07. The van der Waals surface area contributed by atoms with Crippen molar-refractivity contribution in [3.8, 4) is 11.5 Å².